The van der Waals surface area contributed by atoms with Gasteiger partial charge in [0, 0.05) is 37.3 Å². The third-order valence-electron chi connectivity index (χ3n) is 4.14. The Kier molecular flexibility index (Phi) is 3.53. The van der Waals surface area contributed by atoms with Crippen LogP contribution < -0.4 is 9.47 Å². The lowest BCUT2D eigenvalue weighted by Crippen LogP contribution is -2.54. The molecule has 0 spiro atoms. The smallest absolute Gasteiger partial charge is 0.254 e. The molecule has 0 saturated carbocycles. The van der Waals surface area contributed by atoms with Crippen molar-refractivity contribution in [3.63, 3.8) is 0 Å². The molecule has 1 aromatic rings. The summed E-state index contributed by atoms with van der Waals surface area (Å²) >= 11 is 0. The van der Waals surface area contributed by atoms with E-state index in [4.69, 9.17) is 9.47 Å². The third kappa shape index (κ3) is 2.83. The lowest BCUT2D eigenvalue weighted by molar-refractivity contribution is 0.0451. The molecule has 0 aliphatic carbocycles. The largest absolute Gasteiger partial charge is 0.454 e. The van der Waals surface area contributed by atoms with Crippen molar-refractivity contribution in [1.29, 1.82) is 0 Å². The molecule has 0 atom stereocenters. The number of ether oxygens (including phenoxy) is 2. The molecule has 0 unspecified atom stereocenters. The topological polar surface area (TPSA) is 42.0 Å². The number of carbonyl (C=O) groups is 1. The molecular weight excluding hydrogens is 268 g/mol. The van der Waals surface area contributed by atoms with Crippen molar-refractivity contribution in [2.45, 2.75) is 26.3 Å². The van der Waals surface area contributed by atoms with Crippen LogP contribution in [0.3, 0.4) is 0 Å². The number of benzene rings is 1. The fourth-order valence-corrected chi connectivity index (χ4v) is 2.79. The van der Waals surface area contributed by atoms with Crippen LogP contribution in [-0.2, 0) is 0 Å². The van der Waals surface area contributed by atoms with Crippen LogP contribution in [0.2, 0.25) is 0 Å². The number of rotatable bonds is 1. The molecule has 114 valence electrons. The normalized spacial score (nSPS) is 18.9. The van der Waals surface area contributed by atoms with Crippen LogP contribution in [0.25, 0.3) is 0 Å². The Hall–Kier alpha value is -1.75. The quantitative estimate of drug-likeness (QED) is 0.793. The molecule has 3 rings (SSSR count). The Morgan fingerprint density at radius 1 is 1.05 bits per heavy atom. The molecule has 2 aliphatic rings. The monoisotopic (exact) mass is 290 g/mol. The molecule has 2 aliphatic heterocycles. The Morgan fingerprint density at radius 3 is 2.38 bits per heavy atom. The number of carbonyl (C=O) groups excluding carboxylic acids is 1. The minimum Gasteiger partial charge on any atom is -0.454 e. The van der Waals surface area contributed by atoms with Gasteiger partial charge in [0.05, 0.1) is 0 Å². The highest BCUT2D eigenvalue weighted by Gasteiger charge is 2.28. The van der Waals surface area contributed by atoms with Crippen molar-refractivity contribution in [2.24, 2.45) is 0 Å². The maximum atomic E-state index is 12.6. The summed E-state index contributed by atoms with van der Waals surface area (Å²) in [7, 11) is 0. The van der Waals surface area contributed by atoms with Gasteiger partial charge in [-0.2, -0.15) is 0 Å². The van der Waals surface area contributed by atoms with E-state index in [-0.39, 0.29) is 18.2 Å². The zero-order chi connectivity index (χ0) is 15.0. The van der Waals surface area contributed by atoms with Gasteiger partial charge in [0.2, 0.25) is 6.79 Å². The summed E-state index contributed by atoms with van der Waals surface area (Å²) in [4.78, 5) is 16.9. The SMILES string of the molecule is CC(C)(C)N1CCN(C(=O)c2ccc3c(c2)OCO3)CC1. The molecular formula is C16H22N2O3. The number of hydrogen-bond donors (Lipinski definition) is 0. The van der Waals surface area contributed by atoms with Gasteiger partial charge in [0.15, 0.2) is 11.5 Å². The fraction of sp³-hybridized carbons (Fsp3) is 0.562. The molecule has 1 aromatic carbocycles. The molecule has 0 bridgehead atoms. The summed E-state index contributed by atoms with van der Waals surface area (Å²) in [6.45, 7) is 10.2. The van der Waals surface area contributed by atoms with Crippen molar-refractivity contribution >= 4 is 5.91 Å². The average molecular weight is 290 g/mol. The molecule has 2 heterocycles. The van der Waals surface area contributed by atoms with E-state index in [9.17, 15) is 4.79 Å². The van der Waals surface area contributed by atoms with E-state index in [1.165, 1.54) is 0 Å². The van der Waals surface area contributed by atoms with Crippen LogP contribution in [0.1, 0.15) is 31.1 Å². The molecule has 1 fully saturated rings. The van der Waals surface area contributed by atoms with Gasteiger partial charge in [-0.05, 0) is 39.0 Å². The summed E-state index contributed by atoms with van der Waals surface area (Å²) in [5.41, 5.74) is 0.830. The summed E-state index contributed by atoms with van der Waals surface area (Å²) in [5, 5.41) is 0. The lowest BCUT2D eigenvalue weighted by Gasteiger charge is -2.42. The summed E-state index contributed by atoms with van der Waals surface area (Å²) in [5.74, 6) is 1.44. The summed E-state index contributed by atoms with van der Waals surface area (Å²) in [6.07, 6.45) is 0. The Balaban J connectivity index is 1.67. The van der Waals surface area contributed by atoms with Crippen molar-refractivity contribution in [1.82, 2.24) is 9.80 Å². The highest BCUT2D eigenvalue weighted by molar-refractivity contribution is 5.95. The lowest BCUT2D eigenvalue weighted by atomic mass is 10.0. The Bertz CT molecular complexity index is 543. The molecule has 5 heteroatoms. The first kappa shape index (κ1) is 14.2. The van der Waals surface area contributed by atoms with E-state index in [0.717, 1.165) is 26.2 Å². The van der Waals surface area contributed by atoms with E-state index < -0.39 is 0 Å². The Morgan fingerprint density at radius 2 is 1.71 bits per heavy atom. The maximum absolute atomic E-state index is 12.6. The first-order valence-electron chi connectivity index (χ1n) is 7.39. The first-order valence-corrected chi connectivity index (χ1v) is 7.39. The van der Waals surface area contributed by atoms with Gasteiger partial charge in [0.25, 0.3) is 5.91 Å². The van der Waals surface area contributed by atoms with E-state index >= 15 is 0 Å². The maximum Gasteiger partial charge on any atom is 0.254 e. The Labute approximate surface area is 125 Å². The van der Waals surface area contributed by atoms with Crippen LogP contribution in [0, 0.1) is 0 Å². The van der Waals surface area contributed by atoms with Gasteiger partial charge >= 0.3 is 0 Å². The molecule has 5 nitrogen and oxygen atoms in total. The van der Waals surface area contributed by atoms with E-state index in [1.807, 2.05) is 11.0 Å². The predicted molar refractivity (Wildman–Crippen MR) is 79.8 cm³/mol. The van der Waals surface area contributed by atoms with Crippen molar-refractivity contribution in [2.75, 3.05) is 33.0 Å². The van der Waals surface area contributed by atoms with Gasteiger partial charge in [-0.25, -0.2) is 0 Å². The van der Waals surface area contributed by atoms with E-state index in [1.54, 1.807) is 12.1 Å². The summed E-state index contributed by atoms with van der Waals surface area (Å²) < 4.78 is 10.6. The van der Waals surface area contributed by atoms with Gasteiger partial charge in [-0.1, -0.05) is 0 Å². The number of hydrogen-bond acceptors (Lipinski definition) is 4. The zero-order valence-electron chi connectivity index (χ0n) is 12.9. The molecule has 1 saturated heterocycles. The van der Waals surface area contributed by atoms with Gasteiger partial charge < -0.3 is 14.4 Å². The second kappa shape index (κ2) is 5.22. The number of fused-ring (bicyclic) bond motifs is 1. The second-order valence-corrected chi connectivity index (χ2v) is 6.52. The zero-order valence-corrected chi connectivity index (χ0v) is 12.9. The molecule has 0 radical (unpaired) electrons. The fourth-order valence-electron chi connectivity index (χ4n) is 2.79. The number of amides is 1. The first-order chi connectivity index (χ1) is 9.95. The number of piperazine rings is 1. The number of nitrogens with zero attached hydrogens (tertiary/aromatic N) is 2. The van der Waals surface area contributed by atoms with Crippen LogP contribution in [0.15, 0.2) is 18.2 Å². The van der Waals surface area contributed by atoms with Crippen LogP contribution in [0.5, 0.6) is 11.5 Å². The van der Waals surface area contributed by atoms with Crippen LogP contribution in [0.4, 0.5) is 0 Å². The summed E-state index contributed by atoms with van der Waals surface area (Å²) in [6, 6.07) is 5.40. The standard InChI is InChI=1S/C16H22N2O3/c1-16(2,3)18-8-6-17(7-9-18)15(19)12-4-5-13-14(10-12)21-11-20-13/h4-5,10H,6-9,11H2,1-3H3. The predicted octanol–water partition coefficient (Wildman–Crippen LogP) is 1.97. The average Bonchev–Trinajstić information content (AvgIpc) is 2.93. The third-order valence-corrected chi connectivity index (χ3v) is 4.14. The van der Waals surface area contributed by atoms with Gasteiger partial charge in [0.1, 0.15) is 0 Å². The van der Waals surface area contributed by atoms with Crippen molar-refractivity contribution in [3.8, 4) is 11.5 Å². The van der Waals surface area contributed by atoms with E-state index in [0.29, 0.717) is 17.1 Å². The highest BCUT2D eigenvalue weighted by Crippen LogP contribution is 2.33. The van der Waals surface area contributed by atoms with Crippen molar-refractivity contribution < 1.29 is 14.3 Å². The molecule has 21 heavy (non-hydrogen) atoms. The highest BCUT2D eigenvalue weighted by atomic mass is 16.7. The van der Waals surface area contributed by atoms with E-state index in [2.05, 4.69) is 25.7 Å². The van der Waals surface area contributed by atoms with Crippen LogP contribution in [-0.4, -0.2) is 54.2 Å². The molecule has 0 N–H and O–H groups in total. The van der Waals surface area contributed by atoms with Crippen molar-refractivity contribution in [3.05, 3.63) is 23.8 Å². The second-order valence-electron chi connectivity index (χ2n) is 6.52. The van der Waals surface area contributed by atoms with Gasteiger partial charge in [-0.3, -0.25) is 9.69 Å². The minimum absolute atomic E-state index is 0.0712. The van der Waals surface area contributed by atoms with Gasteiger partial charge in [-0.15, -0.1) is 0 Å². The molecule has 1 amide bonds. The molecule has 0 aromatic heterocycles. The van der Waals surface area contributed by atoms with Crippen LogP contribution >= 0.6 is 0 Å². The minimum atomic E-state index is 0.0712.